The third-order valence-corrected chi connectivity index (χ3v) is 6.12. The highest BCUT2D eigenvalue weighted by Gasteiger charge is 2.20. The van der Waals surface area contributed by atoms with Gasteiger partial charge in [0.05, 0.1) is 4.70 Å². The largest absolute Gasteiger partial charge is 0.506 e. The number of rotatable bonds is 0. The Hall–Kier alpha value is -2.52. The van der Waals surface area contributed by atoms with E-state index in [-0.39, 0.29) is 5.41 Å². The van der Waals surface area contributed by atoms with Crippen LogP contribution >= 0.6 is 11.3 Å². The Bertz CT molecular complexity index is 1280. The lowest BCUT2D eigenvalue weighted by molar-refractivity contribution is 0.482. The van der Waals surface area contributed by atoms with E-state index in [1.807, 2.05) is 18.2 Å². The molecule has 5 rings (SSSR count). The first-order chi connectivity index (χ1) is 11.9. The average molecular weight is 346 g/mol. The first kappa shape index (κ1) is 14.8. The normalized spacial score (nSPS) is 12.8. The highest BCUT2D eigenvalue weighted by Crippen LogP contribution is 2.47. The number of fused-ring (bicyclic) bond motifs is 7. The van der Waals surface area contributed by atoms with Gasteiger partial charge in [-0.2, -0.15) is 0 Å². The van der Waals surface area contributed by atoms with Crippen LogP contribution in [0.2, 0.25) is 0 Å². The minimum absolute atomic E-state index is 0.0802. The van der Waals surface area contributed by atoms with E-state index in [1.165, 1.54) is 15.6 Å². The number of benzene rings is 3. The van der Waals surface area contributed by atoms with Gasteiger partial charge in [0.25, 0.3) is 0 Å². The molecule has 25 heavy (non-hydrogen) atoms. The second-order valence-electron chi connectivity index (χ2n) is 7.63. The van der Waals surface area contributed by atoms with Crippen molar-refractivity contribution < 1.29 is 9.52 Å². The van der Waals surface area contributed by atoms with Gasteiger partial charge < -0.3 is 9.52 Å². The second kappa shape index (κ2) is 4.77. The molecule has 0 aliphatic heterocycles. The van der Waals surface area contributed by atoms with Crippen molar-refractivity contribution in [1.82, 2.24) is 0 Å². The first-order valence-corrected chi connectivity index (χ1v) is 9.25. The Labute approximate surface area is 149 Å². The van der Waals surface area contributed by atoms with Gasteiger partial charge in [-0.3, -0.25) is 0 Å². The van der Waals surface area contributed by atoms with Crippen molar-refractivity contribution in [3.8, 4) is 5.75 Å². The van der Waals surface area contributed by atoms with Crippen LogP contribution in [0.1, 0.15) is 26.3 Å². The summed E-state index contributed by atoms with van der Waals surface area (Å²) in [6.07, 6.45) is 0. The van der Waals surface area contributed by atoms with Crippen molar-refractivity contribution in [1.29, 1.82) is 0 Å². The van der Waals surface area contributed by atoms with Crippen molar-refractivity contribution in [2.75, 3.05) is 0 Å². The molecular formula is C22H18O2S. The summed E-state index contributed by atoms with van der Waals surface area (Å²) in [6, 6.07) is 16.5. The van der Waals surface area contributed by atoms with Gasteiger partial charge in [-0.1, -0.05) is 45.0 Å². The lowest BCUT2D eigenvalue weighted by Crippen LogP contribution is -2.10. The van der Waals surface area contributed by atoms with Gasteiger partial charge in [-0.15, -0.1) is 11.3 Å². The summed E-state index contributed by atoms with van der Waals surface area (Å²) >= 11 is 1.64. The molecule has 124 valence electrons. The maximum Gasteiger partial charge on any atom is 0.139 e. The number of phenols is 1. The average Bonchev–Trinajstić information content (AvgIpc) is 3.11. The van der Waals surface area contributed by atoms with Crippen LogP contribution < -0.4 is 0 Å². The van der Waals surface area contributed by atoms with Crippen LogP contribution in [0.3, 0.4) is 0 Å². The Morgan fingerprint density at radius 1 is 0.880 bits per heavy atom. The minimum atomic E-state index is 0.0802. The van der Waals surface area contributed by atoms with Crippen LogP contribution in [-0.4, -0.2) is 5.11 Å². The van der Waals surface area contributed by atoms with Crippen molar-refractivity contribution in [3.63, 3.8) is 0 Å². The Kier molecular flexibility index (Phi) is 2.82. The van der Waals surface area contributed by atoms with Gasteiger partial charge in [-0.25, -0.2) is 0 Å². The Morgan fingerprint density at radius 3 is 2.48 bits per heavy atom. The summed E-state index contributed by atoms with van der Waals surface area (Å²) in [5.74, 6) is 0.292. The lowest BCUT2D eigenvalue weighted by Gasteiger charge is -2.18. The maximum atomic E-state index is 10.6. The van der Waals surface area contributed by atoms with Gasteiger partial charge in [-0.05, 0) is 29.2 Å². The zero-order valence-corrected chi connectivity index (χ0v) is 15.2. The molecule has 3 aromatic carbocycles. The number of thiophene rings is 1. The molecule has 3 heteroatoms. The minimum Gasteiger partial charge on any atom is -0.506 e. The summed E-state index contributed by atoms with van der Waals surface area (Å²) in [7, 11) is 0. The van der Waals surface area contributed by atoms with Crippen LogP contribution in [0.25, 0.3) is 42.1 Å². The molecule has 0 radical (unpaired) electrons. The fourth-order valence-electron chi connectivity index (χ4n) is 3.61. The first-order valence-electron chi connectivity index (χ1n) is 8.43. The topological polar surface area (TPSA) is 33.4 Å². The predicted octanol–water partition coefficient (Wildman–Crippen LogP) is 6.96. The van der Waals surface area contributed by atoms with Gasteiger partial charge in [0.2, 0.25) is 0 Å². The number of aromatic hydroxyl groups is 1. The molecule has 1 N–H and O–H groups in total. The van der Waals surface area contributed by atoms with E-state index >= 15 is 0 Å². The molecule has 2 nitrogen and oxygen atoms in total. The fourth-order valence-corrected chi connectivity index (χ4v) is 4.71. The molecule has 2 heterocycles. The molecule has 0 saturated heterocycles. The van der Waals surface area contributed by atoms with E-state index < -0.39 is 0 Å². The standard InChI is InChI=1S/C22H18O2S/c1-22(2,3)12-8-9-18-14(10-12)20-19-13-6-4-5-7-16(13)24-17(19)11-15(23)21(20)25-18/h4-11,23H,1-3H3. The highest BCUT2D eigenvalue weighted by atomic mass is 32.1. The Morgan fingerprint density at radius 2 is 1.68 bits per heavy atom. The van der Waals surface area contributed by atoms with Gasteiger partial charge in [0, 0.05) is 32.3 Å². The lowest BCUT2D eigenvalue weighted by atomic mass is 9.86. The van der Waals surface area contributed by atoms with E-state index in [2.05, 4.69) is 45.0 Å². The quantitative estimate of drug-likeness (QED) is 0.329. The third kappa shape index (κ3) is 2.02. The van der Waals surface area contributed by atoms with Crippen LogP contribution in [0, 0.1) is 0 Å². The predicted molar refractivity (Wildman–Crippen MR) is 107 cm³/mol. The summed E-state index contributed by atoms with van der Waals surface area (Å²) < 4.78 is 8.12. The molecule has 0 atom stereocenters. The zero-order chi connectivity index (χ0) is 17.3. The van der Waals surface area contributed by atoms with Gasteiger partial charge >= 0.3 is 0 Å². The molecule has 2 aromatic heterocycles. The van der Waals surface area contributed by atoms with Crippen molar-refractivity contribution in [3.05, 3.63) is 54.1 Å². The smallest absolute Gasteiger partial charge is 0.139 e. The number of phenolic OH excluding ortho intramolecular Hbond substituents is 1. The van der Waals surface area contributed by atoms with Crippen molar-refractivity contribution in [2.24, 2.45) is 0 Å². The molecule has 0 aliphatic rings. The number of furan rings is 1. The zero-order valence-electron chi connectivity index (χ0n) is 14.4. The van der Waals surface area contributed by atoms with E-state index in [0.29, 0.717) is 5.75 Å². The van der Waals surface area contributed by atoms with Crippen LogP contribution in [0.15, 0.2) is 52.9 Å². The van der Waals surface area contributed by atoms with E-state index in [9.17, 15) is 5.11 Å². The van der Waals surface area contributed by atoms with Gasteiger partial charge in [0.1, 0.15) is 16.9 Å². The van der Waals surface area contributed by atoms with Crippen molar-refractivity contribution >= 4 is 53.4 Å². The second-order valence-corrected chi connectivity index (χ2v) is 8.69. The molecule has 0 amide bonds. The molecule has 0 spiro atoms. The summed E-state index contributed by atoms with van der Waals surface area (Å²) in [4.78, 5) is 0. The molecule has 5 aromatic rings. The van der Waals surface area contributed by atoms with E-state index in [0.717, 1.165) is 32.0 Å². The maximum absolute atomic E-state index is 10.6. The third-order valence-electron chi connectivity index (χ3n) is 4.93. The molecule has 0 aliphatic carbocycles. The van der Waals surface area contributed by atoms with Crippen molar-refractivity contribution in [2.45, 2.75) is 26.2 Å². The van der Waals surface area contributed by atoms with Crippen LogP contribution in [0.4, 0.5) is 0 Å². The summed E-state index contributed by atoms with van der Waals surface area (Å²) in [5, 5.41) is 15.1. The highest BCUT2D eigenvalue weighted by molar-refractivity contribution is 7.26. The molecule has 0 bridgehead atoms. The summed E-state index contributed by atoms with van der Waals surface area (Å²) in [6.45, 7) is 6.68. The van der Waals surface area contributed by atoms with Crippen LogP contribution in [0.5, 0.6) is 5.75 Å². The van der Waals surface area contributed by atoms with Gasteiger partial charge in [0.15, 0.2) is 0 Å². The van der Waals surface area contributed by atoms with Crippen LogP contribution in [-0.2, 0) is 5.41 Å². The molecule has 0 fully saturated rings. The molecule has 0 saturated carbocycles. The monoisotopic (exact) mass is 346 g/mol. The summed E-state index contributed by atoms with van der Waals surface area (Å²) in [5.41, 5.74) is 2.98. The van der Waals surface area contributed by atoms with E-state index in [1.54, 1.807) is 17.4 Å². The molecule has 0 unspecified atom stereocenters. The SMILES string of the molecule is CC(C)(C)c1ccc2sc3c(O)cc4oc5ccccc5c4c3c2c1. The van der Waals surface area contributed by atoms with E-state index in [4.69, 9.17) is 4.42 Å². The fraction of sp³-hybridized carbons (Fsp3) is 0.182. The Balaban J connectivity index is 2.06. The molecular weight excluding hydrogens is 328 g/mol. The number of para-hydroxylation sites is 1. The number of hydrogen-bond acceptors (Lipinski definition) is 3. The number of hydrogen-bond donors (Lipinski definition) is 1.